The van der Waals surface area contributed by atoms with E-state index in [-0.39, 0.29) is 5.91 Å². The van der Waals surface area contributed by atoms with Gasteiger partial charge in [0.1, 0.15) is 5.76 Å². The molecule has 1 aliphatic heterocycles. The molecule has 0 bridgehead atoms. The van der Waals surface area contributed by atoms with E-state index < -0.39 is 0 Å². The first-order valence-electron chi connectivity index (χ1n) is 9.65. The molecular weight excluding hydrogens is 350 g/mol. The summed E-state index contributed by atoms with van der Waals surface area (Å²) in [7, 11) is 2.15. The van der Waals surface area contributed by atoms with Gasteiger partial charge in [-0.25, -0.2) is 0 Å². The molecule has 0 radical (unpaired) electrons. The van der Waals surface area contributed by atoms with Crippen LogP contribution in [0.1, 0.15) is 21.9 Å². The van der Waals surface area contributed by atoms with Crippen LogP contribution in [0.2, 0.25) is 0 Å². The van der Waals surface area contributed by atoms with Gasteiger partial charge in [0.2, 0.25) is 0 Å². The van der Waals surface area contributed by atoms with Crippen LogP contribution in [0.25, 0.3) is 0 Å². The van der Waals surface area contributed by atoms with Crippen LogP contribution in [-0.2, 0) is 6.42 Å². The quantitative estimate of drug-likeness (QED) is 0.735. The highest BCUT2D eigenvalue weighted by Gasteiger charge is 2.15. The highest BCUT2D eigenvalue weighted by molar-refractivity contribution is 6.02. The second-order valence-electron chi connectivity index (χ2n) is 7.22. The lowest BCUT2D eigenvalue weighted by Gasteiger charge is -2.34. The molecule has 0 spiro atoms. The first kappa shape index (κ1) is 18.3. The van der Waals surface area contributed by atoms with E-state index in [4.69, 9.17) is 4.42 Å². The Morgan fingerprint density at radius 1 is 0.929 bits per heavy atom. The molecular formula is C23H25N3O2. The normalized spacial score (nSPS) is 14.8. The number of carbonyl (C=O) groups is 1. The summed E-state index contributed by atoms with van der Waals surface area (Å²) in [5.74, 6) is 0.877. The number of piperazine rings is 1. The molecule has 1 amide bonds. The van der Waals surface area contributed by atoms with Crippen LogP contribution in [0.5, 0.6) is 0 Å². The Morgan fingerprint density at radius 2 is 1.64 bits per heavy atom. The molecule has 5 heteroatoms. The molecule has 1 fully saturated rings. The zero-order chi connectivity index (χ0) is 19.3. The molecule has 0 unspecified atom stereocenters. The van der Waals surface area contributed by atoms with E-state index in [1.165, 1.54) is 5.69 Å². The number of benzene rings is 2. The fourth-order valence-electron chi connectivity index (χ4n) is 3.40. The molecule has 144 valence electrons. The third-order valence-electron chi connectivity index (χ3n) is 5.10. The van der Waals surface area contributed by atoms with Crippen molar-refractivity contribution in [3.05, 3.63) is 83.8 Å². The molecule has 2 heterocycles. The van der Waals surface area contributed by atoms with E-state index in [0.717, 1.165) is 43.2 Å². The van der Waals surface area contributed by atoms with Crippen molar-refractivity contribution >= 4 is 17.3 Å². The van der Waals surface area contributed by atoms with Gasteiger partial charge in [0, 0.05) is 44.0 Å². The summed E-state index contributed by atoms with van der Waals surface area (Å²) < 4.78 is 5.73. The van der Waals surface area contributed by atoms with Crippen molar-refractivity contribution in [3.8, 4) is 0 Å². The number of hydrogen-bond acceptors (Lipinski definition) is 4. The van der Waals surface area contributed by atoms with E-state index in [0.29, 0.717) is 12.2 Å². The summed E-state index contributed by atoms with van der Waals surface area (Å²) in [6.45, 7) is 4.20. The number of hydrogen-bond donors (Lipinski definition) is 1. The van der Waals surface area contributed by atoms with Gasteiger partial charge in [-0.15, -0.1) is 0 Å². The number of anilines is 2. The van der Waals surface area contributed by atoms with Crippen LogP contribution in [0.4, 0.5) is 11.4 Å². The summed E-state index contributed by atoms with van der Waals surface area (Å²) >= 11 is 0. The summed E-state index contributed by atoms with van der Waals surface area (Å²) in [4.78, 5) is 17.2. The fourth-order valence-corrected chi connectivity index (χ4v) is 3.40. The van der Waals surface area contributed by atoms with E-state index in [9.17, 15) is 4.79 Å². The Kier molecular flexibility index (Phi) is 5.44. The predicted octanol–water partition coefficient (Wildman–Crippen LogP) is 3.87. The average molecular weight is 375 g/mol. The lowest BCUT2D eigenvalue weighted by atomic mass is 10.1. The molecule has 2 aromatic carbocycles. The van der Waals surface area contributed by atoms with E-state index in [1.807, 2.05) is 48.5 Å². The maximum atomic E-state index is 12.5. The summed E-state index contributed by atoms with van der Waals surface area (Å²) in [6.07, 6.45) is 0.674. The number of carbonyl (C=O) groups excluding carboxylic acids is 1. The van der Waals surface area contributed by atoms with Gasteiger partial charge >= 0.3 is 0 Å². The van der Waals surface area contributed by atoms with Crippen molar-refractivity contribution in [2.75, 3.05) is 43.4 Å². The standard InChI is InChI=1S/C23H25N3O2/c1-25-13-15-26(16-14-25)20-9-7-19(8-10-20)24-23(27)22-12-11-21(28-22)17-18-5-3-2-4-6-18/h2-12H,13-17H2,1H3,(H,24,27). The van der Waals surface area contributed by atoms with Crippen molar-refractivity contribution in [2.24, 2.45) is 0 Å². The molecule has 0 saturated carbocycles. The van der Waals surface area contributed by atoms with E-state index in [2.05, 4.69) is 34.3 Å². The van der Waals surface area contributed by atoms with Crippen LogP contribution in [0, 0.1) is 0 Å². The third-order valence-corrected chi connectivity index (χ3v) is 5.10. The van der Waals surface area contributed by atoms with Crippen molar-refractivity contribution in [2.45, 2.75) is 6.42 Å². The van der Waals surface area contributed by atoms with Gasteiger partial charge in [0.25, 0.3) is 5.91 Å². The fraction of sp³-hybridized carbons (Fsp3) is 0.261. The maximum absolute atomic E-state index is 12.5. The van der Waals surface area contributed by atoms with Crippen LogP contribution >= 0.6 is 0 Å². The maximum Gasteiger partial charge on any atom is 0.291 e. The van der Waals surface area contributed by atoms with Gasteiger partial charge in [0.15, 0.2) is 5.76 Å². The smallest absolute Gasteiger partial charge is 0.291 e. The number of rotatable bonds is 5. The van der Waals surface area contributed by atoms with Gasteiger partial charge in [-0.1, -0.05) is 30.3 Å². The largest absolute Gasteiger partial charge is 0.456 e. The minimum atomic E-state index is -0.230. The Hall–Kier alpha value is -3.05. The predicted molar refractivity (Wildman–Crippen MR) is 112 cm³/mol. The number of furan rings is 1. The summed E-state index contributed by atoms with van der Waals surface area (Å²) in [5, 5.41) is 2.91. The SMILES string of the molecule is CN1CCN(c2ccc(NC(=O)c3ccc(Cc4ccccc4)o3)cc2)CC1. The topological polar surface area (TPSA) is 48.7 Å². The van der Waals surface area contributed by atoms with Crippen molar-refractivity contribution in [1.29, 1.82) is 0 Å². The number of likely N-dealkylation sites (N-methyl/N-ethyl adjacent to an activating group) is 1. The van der Waals surface area contributed by atoms with Gasteiger partial charge in [-0.2, -0.15) is 0 Å². The van der Waals surface area contributed by atoms with Gasteiger partial charge in [0.05, 0.1) is 0 Å². The second-order valence-corrected chi connectivity index (χ2v) is 7.22. The van der Waals surface area contributed by atoms with Gasteiger partial charge in [-0.3, -0.25) is 4.79 Å². The van der Waals surface area contributed by atoms with Gasteiger partial charge < -0.3 is 19.5 Å². The summed E-state index contributed by atoms with van der Waals surface area (Å²) in [5.41, 5.74) is 3.11. The monoisotopic (exact) mass is 375 g/mol. The molecule has 4 rings (SSSR count). The second kappa shape index (κ2) is 8.31. The van der Waals surface area contributed by atoms with Crippen molar-refractivity contribution < 1.29 is 9.21 Å². The molecule has 0 aliphatic carbocycles. The zero-order valence-corrected chi connectivity index (χ0v) is 16.1. The Labute approximate surface area is 165 Å². The minimum absolute atomic E-state index is 0.230. The van der Waals surface area contributed by atoms with Crippen molar-refractivity contribution in [3.63, 3.8) is 0 Å². The van der Waals surface area contributed by atoms with E-state index >= 15 is 0 Å². The molecule has 0 atom stereocenters. The number of nitrogens with one attached hydrogen (secondary N) is 1. The first-order valence-corrected chi connectivity index (χ1v) is 9.65. The lowest BCUT2D eigenvalue weighted by Crippen LogP contribution is -2.44. The van der Waals surface area contributed by atoms with Crippen LogP contribution in [0.15, 0.2) is 71.1 Å². The van der Waals surface area contributed by atoms with Crippen LogP contribution in [0.3, 0.4) is 0 Å². The molecule has 3 aromatic rings. The highest BCUT2D eigenvalue weighted by atomic mass is 16.3. The van der Waals surface area contributed by atoms with Crippen LogP contribution < -0.4 is 10.2 Å². The molecule has 1 aliphatic rings. The molecule has 5 nitrogen and oxygen atoms in total. The Bertz CT molecular complexity index is 911. The molecule has 28 heavy (non-hydrogen) atoms. The highest BCUT2D eigenvalue weighted by Crippen LogP contribution is 2.20. The first-order chi connectivity index (χ1) is 13.7. The minimum Gasteiger partial charge on any atom is -0.456 e. The molecule has 1 N–H and O–H groups in total. The summed E-state index contributed by atoms with van der Waals surface area (Å²) in [6, 6.07) is 21.7. The Balaban J connectivity index is 1.36. The van der Waals surface area contributed by atoms with Crippen LogP contribution in [-0.4, -0.2) is 44.0 Å². The lowest BCUT2D eigenvalue weighted by molar-refractivity contribution is 0.0995. The number of nitrogens with zero attached hydrogens (tertiary/aromatic N) is 2. The average Bonchev–Trinajstić information content (AvgIpc) is 3.19. The molecule has 1 saturated heterocycles. The Morgan fingerprint density at radius 3 is 2.36 bits per heavy atom. The third kappa shape index (κ3) is 4.43. The van der Waals surface area contributed by atoms with E-state index in [1.54, 1.807) is 6.07 Å². The molecule has 1 aromatic heterocycles. The van der Waals surface area contributed by atoms with Crippen molar-refractivity contribution in [1.82, 2.24) is 4.90 Å². The van der Waals surface area contributed by atoms with Gasteiger partial charge in [-0.05, 0) is 49.0 Å². The number of amides is 1. The zero-order valence-electron chi connectivity index (χ0n) is 16.1.